The van der Waals surface area contributed by atoms with Crippen molar-refractivity contribution in [2.75, 3.05) is 19.6 Å². The second-order valence-corrected chi connectivity index (χ2v) is 7.03. The van der Waals surface area contributed by atoms with Crippen LogP contribution in [-0.4, -0.2) is 41.6 Å². The van der Waals surface area contributed by atoms with E-state index in [1.54, 1.807) is 17.4 Å². The number of piperidine rings is 1. The van der Waals surface area contributed by atoms with Crippen LogP contribution in [0.15, 0.2) is 39.8 Å². The number of furan rings is 1. The Morgan fingerprint density at radius 2 is 2.26 bits per heavy atom. The summed E-state index contributed by atoms with van der Waals surface area (Å²) in [5.41, 5.74) is 0.698. The molecule has 1 fully saturated rings. The first kappa shape index (κ1) is 16.2. The Bertz CT molecular complexity index is 614. The van der Waals surface area contributed by atoms with Gasteiger partial charge in [0.05, 0.1) is 17.4 Å². The lowest BCUT2D eigenvalue weighted by Crippen LogP contribution is -2.48. The monoisotopic (exact) mass is 334 g/mol. The lowest BCUT2D eigenvalue weighted by Gasteiger charge is -2.34. The maximum atomic E-state index is 12.2. The lowest BCUT2D eigenvalue weighted by molar-refractivity contribution is 0.0485. The topological polar surface area (TPSA) is 65.7 Å². The van der Waals surface area contributed by atoms with E-state index < -0.39 is 5.60 Å². The summed E-state index contributed by atoms with van der Waals surface area (Å²) in [6, 6.07) is 3.98. The van der Waals surface area contributed by atoms with Crippen molar-refractivity contribution >= 4 is 17.2 Å². The van der Waals surface area contributed by atoms with Crippen molar-refractivity contribution in [3.63, 3.8) is 0 Å². The number of carbonyl (C=O) groups is 1. The second-order valence-electron chi connectivity index (χ2n) is 6.25. The molecular weight excluding hydrogens is 312 g/mol. The molecule has 3 rings (SSSR count). The molecule has 6 heteroatoms. The van der Waals surface area contributed by atoms with Crippen molar-refractivity contribution in [2.24, 2.45) is 0 Å². The summed E-state index contributed by atoms with van der Waals surface area (Å²) in [5, 5.41) is 17.9. The molecule has 2 aromatic heterocycles. The van der Waals surface area contributed by atoms with E-state index in [0.717, 1.165) is 31.5 Å². The summed E-state index contributed by atoms with van der Waals surface area (Å²) in [5.74, 6) is 0.0301. The van der Waals surface area contributed by atoms with Crippen LogP contribution < -0.4 is 5.32 Å². The second kappa shape index (κ2) is 6.86. The molecule has 2 N–H and O–H groups in total. The zero-order valence-electron chi connectivity index (χ0n) is 13.2. The number of hydrogen-bond acceptors (Lipinski definition) is 5. The first-order chi connectivity index (χ1) is 11.1. The number of nitrogens with zero attached hydrogens (tertiary/aromatic N) is 1. The van der Waals surface area contributed by atoms with Gasteiger partial charge in [0.25, 0.3) is 5.91 Å². The van der Waals surface area contributed by atoms with Crippen molar-refractivity contribution in [3.05, 3.63) is 46.5 Å². The molecule has 0 radical (unpaired) electrons. The minimum Gasteiger partial charge on any atom is -0.472 e. The molecule has 0 spiro atoms. The highest BCUT2D eigenvalue weighted by molar-refractivity contribution is 7.08. The molecule has 1 aliphatic rings. The molecule has 1 atom stereocenters. The van der Waals surface area contributed by atoms with Gasteiger partial charge in [0, 0.05) is 25.7 Å². The first-order valence-corrected chi connectivity index (χ1v) is 8.80. The normalized spacial score (nSPS) is 18.8. The number of rotatable bonds is 5. The van der Waals surface area contributed by atoms with Crippen molar-refractivity contribution < 1.29 is 14.3 Å². The lowest BCUT2D eigenvalue weighted by atomic mass is 9.97. The van der Waals surface area contributed by atoms with Gasteiger partial charge >= 0.3 is 0 Å². The maximum Gasteiger partial charge on any atom is 0.257 e. The van der Waals surface area contributed by atoms with Gasteiger partial charge in [0.1, 0.15) is 6.26 Å². The Morgan fingerprint density at radius 1 is 1.48 bits per heavy atom. The van der Waals surface area contributed by atoms with E-state index >= 15 is 0 Å². The fourth-order valence-electron chi connectivity index (χ4n) is 2.87. The van der Waals surface area contributed by atoms with Gasteiger partial charge in [0.15, 0.2) is 0 Å². The average molecular weight is 334 g/mol. The molecule has 1 unspecified atom stereocenters. The maximum absolute atomic E-state index is 12.2. The highest BCUT2D eigenvalue weighted by Crippen LogP contribution is 2.23. The molecule has 23 heavy (non-hydrogen) atoms. The van der Waals surface area contributed by atoms with Gasteiger partial charge in [-0.2, -0.15) is 11.3 Å². The molecule has 1 aliphatic heterocycles. The number of nitrogens with one attached hydrogen (secondary N) is 1. The van der Waals surface area contributed by atoms with Crippen LogP contribution in [0.4, 0.5) is 0 Å². The Hall–Kier alpha value is -1.63. The zero-order chi connectivity index (χ0) is 16.3. The van der Waals surface area contributed by atoms with E-state index in [1.807, 2.05) is 28.7 Å². The van der Waals surface area contributed by atoms with Gasteiger partial charge in [-0.1, -0.05) is 0 Å². The van der Waals surface area contributed by atoms with Crippen molar-refractivity contribution in [3.8, 4) is 0 Å². The third kappa shape index (κ3) is 3.83. The molecular formula is C17H22N2O3S. The largest absolute Gasteiger partial charge is 0.472 e. The third-order valence-electron chi connectivity index (χ3n) is 4.43. The van der Waals surface area contributed by atoms with Crippen LogP contribution in [-0.2, 0) is 5.60 Å². The predicted molar refractivity (Wildman–Crippen MR) is 89.5 cm³/mol. The van der Waals surface area contributed by atoms with Gasteiger partial charge in [-0.05, 0) is 48.2 Å². The molecule has 0 saturated carbocycles. The Kier molecular flexibility index (Phi) is 4.84. The summed E-state index contributed by atoms with van der Waals surface area (Å²) >= 11 is 1.59. The van der Waals surface area contributed by atoms with Crippen LogP contribution >= 0.6 is 11.3 Å². The number of aliphatic hydroxyl groups is 1. The Labute approximate surface area is 139 Å². The van der Waals surface area contributed by atoms with E-state index in [4.69, 9.17) is 4.42 Å². The third-order valence-corrected chi connectivity index (χ3v) is 5.11. The SMILES string of the molecule is CC(O)(CNC1CCN(C(=O)c2ccoc2)CC1)c1ccsc1. The molecule has 0 aliphatic carbocycles. The number of likely N-dealkylation sites (tertiary alicyclic amines) is 1. The zero-order valence-corrected chi connectivity index (χ0v) is 14.0. The molecule has 0 bridgehead atoms. The van der Waals surface area contributed by atoms with Crippen LogP contribution in [0.2, 0.25) is 0 Å². The van der Waals surface area contributed by atoms with Crippen LogP contribution in [0.3, 0.4) is 0 Å². The van der Waals surface area contributed by atoms with E-state index in [9.17, 15) is 9.90 Å². The quantitative estimate of drug-likeness (QED) is 0.881. The van der Waals surface area contributed by atoms with Crippen LogP contribution in [0.1, 0.15) is 35.7 Å². The number of carbonyl (C=O) groups excluding carboxylic acids is 1. The van der Waals surface area contributed by atoms with Crippen molar-refractivity contribution in [1.82, 2.24) is 10.2 Å². The van der Waals surface area contributed by atoms with E-state index in [2.05, 4.69) is 5.32 Å². The summed E-state index contributed by atoms with van der Waals surface area (Å²) in [4.78, 5) is 14.1. The number of hydrogen-bond donors (Lipinski definition) is 2. The first-order valence-electron chi connectivity index (χ1n) is 7.86. The van der Waals surface area contributed by atoms with Crippen molar-refractivity contribution in [1.29, 1.82) is 0 Å². The van der Waals surface area contributed by atoms with Gasteiger partial charge in [-0.25, -0.2) is 0 Å². The van der Waals surface area contributed by atoms with Gasteiger partial charge in [-0.3, -0.25) is 4.79 Å². The van der Waals surface area contributed by atoms with Gasteiger partial charge < -0.3 is 19.7 Å². The number of thiophene rings is 1. The molecule has 3 heterocycles. The Balaban J connectivity index is 1.47. The van der Waals surface area contributed by atoms with Gasteiger partial charge in [0.2, 0.25) is 0 Å². The molecule has 1 saturated heterocycles. The number of amides is 1. The highest BCUT2D eigenvalue weighted by atomic mass is 32.1. The minimum absolute atomic E-state index is 0.0301. The summed E-state index contributed by atoms with van der Waals surface area (Å²) in [6.07, 6.45) is 4.80. The standard InChI is InChI=1S/C17H22N2O3S/c1-17(21,14-5-9-23-11-14)12-18-15-2-6-19(7-3-15)16(20)13-4-8-22-10-13/h4-5,8-11,15,18,21H,2-3,6-7,12H2,1H3. The van der Waals surface area contributed by atoms with E-state index in [-0.39, 0.29) is 5.91 Å². The molecule has 2 aromatic rings. The Morgan fingerprint density at radius 3 is 2.87 bits per heavy atom. The van der Waals surface area contributed by atoms with Crippen LogP contribution in [0, 0.1) is 0 Å². The van der Waals surface area contributed by atoms with Gasteiger partial charge in [-0.15, -0.1) is 0 Å². The van der Waals surface area contributed by atoms with E-state index in [0.29, 0.717) is 18.2 Å². The molecule has 124 valence electrons. The fraction of sp³-hybridized carbons (Fsp3) is 0.471. The smallest absolute Gasteiger partial charge is 0.257 e. The molecule has 0 aromatic carbocycles. The summed E-state index contributed by atoms with van der Waals surface area (Å²) < 4.78 is 4.97. The fourth-order valence-corrected chi connectivity index (χ4v) is 3.65. The van der Waals surface area contributed by atoms with Crippen molar-refractivity contribution in [2.45, 2.75) is 31.4 Å². The highest BCUT2D eigenvalue weighted by Gasteiger charge is 2.27. The van der Waals surface area contributed by atoms with Crippen LogP contribution in [0.25, 0.3) is 0 Å². The summed E-state index contributed by atoms with van der Waals surface area (Å²) in [7, 11) is 0. The predicted octanol–water partition coefficient (Wildman–Crippen LogP) is 2.44. The van der Waals surface area contributed by atoms with Crippen LogP contribution in [0.5, 0.6) is 0 Å². The molecule has 5 nitrogen and oxygen atoms in total. The minimum atomic E-state index is -0.857. The van der Waals surface area contributed by atoms with E-state index in [1.165, 1.54) is 12.5 Å². The molecule has 1 amide bonds. The average Bonchev–Trinajstić information content (AvgIpc) is 3.26. The summed E-state index contributed by atoms with van der Waals surface area (Å²) in [6.45, 7) is 3.80.